The van der Waals surface area contributed by atoms with Gasteiger partial charge in [-0.1, -0.05) is 83.0 Å². The molecule has 2 aromatic carbocycles. The molecule has 41 heavy (non-hydrogen) atoms. The topological polar surface area (TPSA) is 105 Å². The first-order valence-corrected chi connectivity index (χ1v) is 14.9. The Morgan fingerprint density at radius 2 is 1.07 bits per heavy atom. The molecule has 8 nitrogen and oxygen atoms in total. The molecule has 224 valence electrons. The predicted octanol–water partition coefficient (Wildman–Crippen LogP) is 8.15. The number of rotatable bonds is 18. The molecule has 0 spiro atoms. The normalized spacial score (nSPS) is 10.6. The fourth-order valence-electron chi connectivity index (χ4n) is 3.83. The number of halogens is 1. The summed E-state index contributed by atoms with van der Waals surface area (Å²) in [6.07, 6.45) is 7.51. The summed E-state index contributed by atoms with van der Waals surface area (Å²) in [5.74, 6) is -3.02. The highest BCUT2D eigenvalue weighted by Crippen LogP contribution is 2.40. The molecule has 0 bridgehead atoms. The number of ether oxygens (including phenoxy) is 4. The quantitative estimate of drug-likeness (QED) is 0.0975. The lowest BCUT2D eigenvalue weighted by Gasteiger charge is -2.16. The van der Waals surface area contributed by atoms with Crippen molar-refractivity contribution in [3.05, 3.63) is 52.5 Å². The molecule has 0 heterocycles. The highest BCUT2D eigenvalue weighted by Gasteiger charge is 2.25. The van der Waals surface area contributed by atoms with Crippen molar-refractivity contribution in [1.29, 1.82) is 0 Å². The van der Waals surface area contributed by atoms with E-state index >= 15 is 0 Å². The molecule has 0 saturated heterocycles. The second kappa shape index (κ2) is 18.9. The molecular weight excluding hydrogens is 548 g/mol. The van der Waals surface area contributed by atoms with Crippen molar-refractivity contribution in [2.45, 2.75) is 104 Å². The van der Waals surface area contributed by atoms with Gasteiger partial charge in [0.05, 0.1) is 5.56 Å². The minimum atomic E-state index is -0.743. The van der Waals surface area contributed by atoms with E-state index in [2.05, 4.69) is 0 Å². The van der Waals surface area contributed by atoms with Gasteiger partial charge >= 0.3 is 23.9 Å². The van der Waals surface area contributed by atoms with Crippen LogP contribution in [0.1, 0.15) is 114 Å². The van der Waals surface area contributed by atoms with Gasteiger partial charge in [0.25, 0.3) is 0 Å². The summed E-state index contributed by atoms with van der Waals surface area (Å²) in [6.45, 7) is 6.01. The SMILES string of the molecule is CCCCCC(=O)Oc1cc(C(=O)OCc2ccc(Cl)cc2)cc(OC(=O)CCCCC)c1OC(=O)CCCCC. The zero-order chi connectivity index (χ0) is 30.0. The Bertz CT molecular complexity index is 1100. The summed E-state index contributed by atoms with van der Waals surface area (Å²) in [7, 11) is 0. The Kier molecular flexibility index (Phi) is 15.6. The maximum atomic E-state index is 13.1. The van der Waals surface area contributed by atoms with E-state index in [1.54, 1.807) is 24.3 Å². The zero-order valence-electron chi connectivity index (χ0n) is 24.3. The molecule has 9 heteroatoms. The molecule has 0 N–H and O–H groups in total. The van der Waals surface area contributed by atoms with E-state index in [1.807, 2.05) is 20.8 Å². The van der Waals surface area contributed by atoms with Crippen LogP contribution in [0, 0.1) is 0 Å². The Morgan fingerprint density at radius 1 is 0.634 bits per heavy atom. The lowest BCUT2D eigenvalue weighted by molar-refractivity contribution is -0.138. The summed E-state index contributed by atoms with van der Waals surface area (Å²) in [6, 6.07) is 9.35. The fourth-order valence-corrected chi connectivity index (χ4v) is 3.96. The zero-order valence-corrected chi connectivity index (χ0v) is 25.1. The van der Waals surface area contributed by atoms with E-state index in [1.165, 1.54) is 12.1 Å². The van der Waals surface area contributed by atoms with Crippen LogP contribution in [0.2, 0.25) is 5.02 Å². The summed E-state index contributed by atoms with van der Waals surface area (Å²) in [5.41, 5.74) is 0.683. The third-order valence-corrected chi connectivity index (χ3v) is 6.41. The number of esters is 4. The van der Waals surface area contributed by atoms with Gasteiger partial charge in [-0.25, -0.2) is 4.79 Å². The number of hydrogen-bond donors (Lipinski definition) is 0. The molecular formula is C32H41ClO8. The lowest BCUT2D eigenvalue weighted by atomic mass is 10.1. The number of unbranched alkanes of at least 4 members (excludes halogenated alkanes) is 6. The van der Waals surface area contributed by atoms with Gasteiger partial charge < -0.3 is 18.9 Å². The third-order valence-electron chi connectivity index (χ3n) is 6.16. The molecule has 0 radical (unpaired) electrons. The fraction of sp³-hybridized carbons (Fsp3) is 0.500. The molecule has 0 atom stereocenters. The van der Waals surface area contributed by atoms with Crippen LogP contribution in [0.4, 0.5) is 0 Å². The van der Waals surface area contributed by atoms with Crippen molar-refractivity contribution in [3.8, 4) is 17.2 Å². The molecule has 0 fully saturated rings. The minimum Gasteiger partial charge on any atom is -0.457 e. The summed E-state index contributed by atoms with van der Waals surface area (Å²) in [5, 5.41) is 0.552. The van der Waals surface area contributed by atoms with E-state index in [0.29, 0.717) is 29.8 Å². The minimum absolute atomic E-state index is 0.0301. The highest BCUT2D eigenvalue weighted by molar-refractivity contribution is 6.30. The smallest absolute Gasteiger partial charge is 0.338 e. The van der Waals surface area contributed by atoms with Crippen LogP contribution in [-0.2, 0) is 25.7 Å². The van der Waals surface area contributed by atoms with Gasteiger partial charge in [-0.2, -0.15) is 0 Å². The summed E-state index contributed by atoms with van der Waals surface area (Å²) >= 11 is 5.93. The maximum absolute atomic E-state index is 13.1. The van der Waals surface area contributed by atoms with Crippen molar-refractivity contribution < 1.29 is 38.1 Å². The van der Waals surface area contributed by atoms with Crippen molar-refractivity contribution in [1.82, 2.24) is 0 Å². The first-order valence-electron chi connectivity index (χ1n) is 14.5. The molecule has 0 aliphatic rings. The molecule has 0 saturated carbocycles. The van der Waals surface area contributed by atoms with Gasteiger partial charge in [0.1, 0.15) is 6.61 Å². The second-order valence-corrected chi connectivity index (χ2v) is 10.2. The van der Waals surface area contributed by atoms with Crippen LogP contribution >= 0.6 is 11.6 Å². The Hall–Kier alpha value is -3.39. The standard InChI is InChI=1S/C32H41ClO8/c1-4-7-10-13-28(34)39-26-20-24(32(37)38-22-23-16-18-25(33)19-17-23)21-27(40-29(35)14-11-8-5-2)31(26)41-30(36)15-12-9-6-3/h16-21H,4-15,22H2,1-3H3. The lowest BCUT2D eigenvalue weighted by Crippen LogP contribution is -2.16. The van der Waals surface area contributed by atoms with Crippen molar-refractivity contribution in [2.75, 3.05) is 0 Å². The van der Waals surface area contributed by atoms with Gasteiger partial charge in [-0.05, 0) is 49.1 Å². The Morgan fingerprint density at radius 3 is 1.51 bits per heavy atom. The van der Waals surface area contributed by atoms with E-state index in [-0.39, 0.29) is 48.7 Å². The van der Waals surface area contributed by atoms with Crippen molar-refractivity contribution >= 4 is 35.5 Å². The Labute approximate surface area is 247 Å². The third kappa shape index (κ3) is 12.8. The largest absolute Gasteiger partial charge is 0.457 e. The number of carbonyl (C=O) groups is 4. The Balaban J connectivity index is 2.41. The van der Waals surface area contributed by atoms with Crippen LogP contribution in [0.25, 0.3) is 0 Å². The summed E-state index contributed by atoms with van der Waals surface area (Å²) in [4.78, 5) is 51.1. The van der Waals surface area contributed by atoms with E-state index in [0.717, 1.165) is 38.5 Å². The van der Waals surface area contributed by atoms with E-state index < -0.39 is 23.9 Å². The van der Waals surface area contributed by atoms with Gasteiger partial charge in [-0.15, -0.1) is 0 Å². The van der Waals surface area contributed by atoms with Gasteiger partial charge in [0.2, 0.25) is 5.75 Å². The number of benzene rings is 2. The average molecular weight is 589 g/mol. The molecule has 0 aromatic heterocycles. The number of hydrogen-bond acceptors (Lipinski definition) is 8. The number of carbonyl (C=O) groups excluding carboxylic acids is 4. The van der Waals surface area contributed by atoms with E-state index in [4.69, 9.17) is 30.5 Å². The van der Waals surface area contributed by atoms with Gasteiger partial charge in [-0.3, -0.25) is 14.4 Å². The van der Waals surface area contributed by atoms with Gasteiger partial charge in [0.15, 0.2) is 11.5 Å². The average Bonchev–Trinajstić information content (AvgIpc) is 2.94. The van der Waals surface area contributed by atoms with Crippen molar-refractivity contribution in [2.24, 2.45) is 0 Å². The maximum Gasteiger partial charge on any atom is 0.338 e. The molecule has 0 aliphatic carbocycles. The summed E-state index contributed by atoms with van der Waals surface area (Å²) < 4.78 is 22.2. The van der Waals surface area contributed by atoms with Crippen LogP contribution < -0.4 is 14.2 Å². The van der Waals surface area contributed by atoms with Crippen molar-refractivity contribution in [3.63, 3.8) is 0 Å². The van der Waals surface area contributed by atoms with E-state index in [9.17, 15) is 19.2 Å². The van der Waals surface area contributed by atoms with Crippen LogP contribution in [0.15, 0.2) is 36.4 Å². The molecule has 0 unspecified atom stereocenters. The first kappa shape index (κ1) is 33.8. The molecule has 2 aromatic rings. The van der Waals surface area contributed by atoms with Crippen LogP contribution in [0.5, 0.6) is 17.2 Å². The highest BCUT2D eigenvalue weighted by atomic mass is 35.5. The van der Waals surface area contributed by atoms with Crippen LogP contribution in [-0.4, -0.2) is 23.9 Å². The van der Waals surface area contributed by atoms with Crippen LogP contribution in [0.3, 0.4) is 0 Å². The predicted molar refractivity (Wildman–Crippen MR) is 156 cm³/mol. The monoisotopic (exact) mass is 588 g/mol. The second-order valence-electron chi connectivity index (χ2n) is 9.80. The molecule has 0 aliphatic heterocycles. The first-order chi connectivity index (χ1) is 19.8. The molecule has 0 amide bonds. The molecule has 2 rings (SSSR count). The van der Waals surface area contributed by atoms with Gasteiger partial charge in [0, 0.05) is 24.3 Å².